The SMILES string of the molecule is CCc1ccc(-n2cc(O)c(=O)c(C)n2)c(F)c1. The molecule has 0 saturated carbocycles. The molecule has 2 rings (SSSR count). The second-order valence-corrected chi connectivity index (χ2v) is 4.01. The van der Waals surface area contributed by atoms with Gasteiger partial charge in [-0.05, 0) is 31.0 Å². The van der Waals surface area contributed by atoms with E-state index >= 15 is 0 Å². The first-order valence-corrected chi connectivity index (χ1v) is 5.61. The van der Waals surface area contributed by atoms with E-state index in [1.807, 2.05) is 6.92 Å². The lowest BCUT2D eigenvalue weighted by Crippen LogP contribution is -2.14. The zero-order valence-corrected chi connectivity index (χ0v) is 10.1. The minimum Gasteiger partial charge on any atom is -0.503 e. The van der Waals surface area contributed by atoms with Crippen LogP contribution in [0.2, 0.25) is 0 Å². The molecule has 0 bridgehead atoms. The number of rotatable bonds is 2. The van der Waals surface area contributed by atoms with E-state index in [2.05, 4.69) is 5.10 Å². The van der Waals surface area contributed by atoms with Crippen molar-refractivity contribution >= 4 is 0 Å². The Kier molecular flexibility index (Phi) is 3.14. The molecule has 1 aromatic carbocycles. The quantitative estimate of drug-likeness (QED) is 0.883. The third-order valence-corrected chi connectivity index (χ3v) is 2.73. The molecule has 0 fully saturated rings. The summed E-state index contributed by atoms with van der Waals surface area (Å²) in [6, 6.07) is 4.77. The van der Waals surface area contributed by atoms with Crippen LogP contribution in [-0.2, 0) is 6.42 Å². The molecule has 0 aliphatic carbocycles. The van der Waals surface area contributed by atoms with Gasteiger partial charge in [-0.1, -0.05) is 13.0 Å². The Labute approximate surface area is 103 Å². The Morgan fingerprint density at radius 1 is 1.44 bits per heavy atom. The van der Waals surface area contributed by atoms with Crippen LogP contribution in [0.5, 0.6) is 5.75 Å². The fraction of sp³-hybridized carbons (Fsp3) is 0.231. The molecule has 0 amide bonds. The molecule has 0 saturated heterocycles. The minimum absolute atomic E-state index is 0.119. The van der Waals surface area contributed by atoms with Crippen molar-refractivity contribution < 1.29 is 9.50 Å². The molecule has 4 nitrogen and oxygen atoms in total. The summed E-state index contributed by atoms with van der Waals surface area (Å²) in [6.45, 7) is 3.40. The van der Waals surface area contributed by atoms with E-state index < -0.39 is 17.0 Å². The molecule has 1 heterocycles. The molecule has 18 heavy (non-hydrogen) atoms. The Bertz CT molecular complexity index is 624. The van der Waals surface area contributed by atoms with Crippen LogP contribution in [0.3, 0.4) is 0 Å². The molecule has 5 heteroatoms. The molecule has 0 unspecified atom stereocenters. The number of hydrogen-bond donors (Lipinski definition) is 1. The van der Waals surface area contributed by atoms with E-state index in [1.54, 1.807) is 12.1 Å². The molecular formula is C13H13FN2O2. The summed E-state index contributed by atoms with van der Waals surface area (Å²) in [5.41, 5.74) is 0.648. The van der Waals surface area contributed by atoms with Crippen LogP contribution in [0, 0.1) is 12.7 Å². The van der Waals surface area contributed by atoms with Crippen LogP contribution in [0.25, 0.3) is 5.69 Å². The van der Waals surface area contributed by atoms with Crippen molar-refractivity contribution in [3.8, 4) is 11.4 Å². The van der Waals surface area contributed by atoms with Gasteiger partial charge in [-0.15, -0.1) is 0 Å². The number of nitrogens with zero attached hydrogens (tertiary/aromatic N) is 2. The van der Waals surface area contributed by atoms with E-state index in [1.165, 1.54) is 17.7 Å². The van der Waals surface area contributed by atoms with Crippen LogP contribution >= 0.6 is 0 Å². The highest BCUT2D eigenvalue weighted by Crippen LogP contribution is 2.16. The monoisotopic (exact) mass is 248 g/mol. The van der Waals surface area contributed by atoms with Crippen molar-refractivity contribution in [3.63, 3.8) is 0 Å². The topological polar surface area (TPSA) is 55.1 Å². The first kappa shape index (κ1) is 12.3. The summed E-state index contributed by atoms with van der Waals surface area (Å²) in [4.78, 5) is 11.3. The van der Waals surface area contributed by atoms with Gasteiger partial charge in [-0.2, -0.15) is 5.10 Å². The van der Waals surface area contributed by atoms with Crippen LogP contribution in [0.1, 0.15) is 18.2 Å². The van der Waals surface area contributed by atoms with Crippen LogP contribution in [-0.4, -0.2) is 14.9 Å². The number of aryl methyl sites for hydroxylation is 2. The van der Waals surface area contributed by atoms with Gasteiger partial charge in [0.05, 0.1) is 6.20 Å². The zero-order chi connectivity index (χ0) is 13.3. The summed E-state index contributed by atoms with van der Waals surface area (Å²) < 4.78 is 15.0. The molecule has 0 atom stereocenters. The predicted octanol–water partition coefficient (Wildman–Crippen LogP) is 1.95. The molecule has 0 spiro atoms. The van der Waals surface area contributed by atoms with Crippen molar-refractivity contribution in [1.82, 2.24) is 9.78 Å². The molecule has 1 N–H and O–H groups in total. The lowest BCUT2D eigenvalue weighted by atomic mass is 10.1. The number of hydrogen-bond acceptors (Lipinski definition) is 3. The zero-order valence-electron chi connectivity index (χ0n) is 10.1. The number of aromatic hydroxyl groups is 1. The van der Waals surface area contributed by atoms with E-state index in [9.17, 15) is 14.3 Å². The van der Waals surface area contributed by atoms with E-state index in [0.717, 1.165) is 18.2 Å². The summed E-state index contributed by atoms with van der Waals surface area (Å²) in [7, 11) is 0. The van der Waals surface area contributed by atoms with Crippen molar-refractivity contribution in [2.24, 2.45) is 0 Å². The Morgan fingerprint density at radius 3 is 2.72 bits per heavy atom. The average Bonchev–Trinajstić information content (AvgIpc) is 2.35. The smallest absolute Gasteiger partial charge is 0.244 e. The third-order valence-electron chi connectivity index (χ3n) is 2.73. The summed E-state index contributed by atoms with van der Waals surface area (Å²) in [5, 5.41) is 13.4. The van der Waals surface area contributed by atoms with Gasteiger partial charge in [0.1, 0.15) is 17.2 Å². The lowest BCUT2D eigenvalue weighted by Gasteiger charge is -2.09. The molecule has 0 radical (unpaired) electrons. The minimum atomic E-state index is -0.545. The normalized spacial score (nSPS) is 10.6. The molecule has 0 aliphatic rings. The third kappa shape index (κ3) is 2.11. The van der Waals surface area contributed by atoms with Crippen LogP contribution < -0.4 is 5.43 Å². The van der Waals surface area contributed by atoms with Gasteiger partial charge in [0.2, 0.25) is 5.43 Å². The average molecular weight is 248 g/mol. The Balaban J connectivity index is 2.59. The highest BCUT2D eigenvalue weighted by Gasteiger charge is 2.09. The highest BCUT2D eigenvalue weighted by molar-refractivity contribution is 5.37. The van der Waals surface area contributed by atoms with Gasteiger partial charge >= 0.3 is 0 Å². The van der Waals surface area contributed by atoms with E-state index in [-0.39, 0.29) is 11.4 Å². The largest absolute Gasteiger partial charge is 0.503 e. The van der Waals surface area contributed by atoms with Crippen molar-refractivity contribution in [3.05, 3.63) is 51.7 Å². The molecule has 94 valence electrons. The summed E-state index contributed by atoms with van der Waals surface area (Å²) in [5.74, 6) is -0.884. The van der Waals surface area contributed by atoms with Gasteiger partial charge in [-0.25, -0.2) is 9.07 Å². The van der Waals surface area contributed by atoms with Gasteiger partial charge in [-0.3, -0.25) is 4.79 Å². The summed E-state index contributed by atoms with van der Waals surface area (Å²) in [6.07, 6.45) is 1.85. The second kappa shape index (κ2) is 4.60. The molecule has 1 aromatic heterocycles. The molecular weight excluding hydrogens is 235 g/mol. The first-order valence-electron chi connectivity index (χ1n) is 5.61. The Morgan fingerprint density at radius 2 is 2.17 bits per heavy atom. The maximum Gasteiger partial charge on any atom is 0.244 e. The van der Waals surface area contributed by atoms with E-state index in [4.69, 9.17) is 0 Å². The first-order chi connectivity index (χ1) is 8.52. The lowest BCUT2D eigenvalue weighted by molar-refractivity contribution is 0.459. The van der Waals surface area contributed by atoms with Crippen molar-refractivity contribution in [1.29, 1.82) is 0 Å². The maximum atomic E-state index is 13.9. The Hall–Kier alpha value is -2.17. The number of benzene rings is 1. The van der Waals surface area contributed by atoms with Crippen molar-refractivity contribution in [2.75, 3.05) is 0 Å². The van der Waals surface area contributed by atoms with Crippen molar-refractivity contribution in [2.45, 2.75) is 20.3 Å². The maximum absolute atomic E-state index is 13.9. The van der Waals surface area contributed by atoms with Crippen LogP contribution in [0.4, 0.5) is 4.39 Å². The van der Waals surface area contributed by atoms with Gasteiger partial charge in [0, 0.05) is 0 Å². The molecule has 2 aromatic rings. The fourth-order valence-corrected chi connectivity index (χ4v) is 1.68. The van der Waals surface area contributed by atoms with Gasteiger partial charge < -0.3 is 5.11 Å². The summed E-state index contributed by atoms with van der Waals surface area (Å²) >= 11 is 0. The predicted molar refractivity (Wildman–Crippen MR) is 65.6 cm³/mol. The van der Waals surface area contributed by atoms with Gasteiger partial charge in [0.15, 0.2) is 5.75 Å². The second-order valence-electron chi connectivity index (χ2n) is 4.01. The number of aromatic nitrogens is 2. The highest BCUT2D eigenvalue weighted by atomic mass is 19.1. The fourth-order valence-electron chi connectivity index (χ4n) is 1.68. The van der Waals surface area contributed by atoms with Gasteiger partial charge in [0.25, 0.3) is 0 Å². The van der Waals surface area contributed by atoms with Crippen LogP contribution in [0.15, 0.2) is 29.2 Å². The number of halogens is 1. The molecule has 0 aliphatic heterocycles. The standard InChI is InChI=1S/C13H13FN2O2/c1-3-9-4-5-11(10(14)6-9)16-7-12(17)13(18)8(2)15-16/h4-7,17H,3H2,1-2H3. The van der Waals surface area contributed by atoms with E-state index in [0.29, 0.717) is 0 Å².